The van der Waals surface area contributed by atoms with Crippen molar-refractivity contribution < 1.29 is 0 Å². The van der Waals surface area contributed by atoms with Crippen molar-refractivity contribution in [3.05, 3.63) is 36.0 Å². The van der Waals surface area contributed by atoms with Crippen LogP contribution in [0.3, 0.4) is 0 Å². The Morgan fingerprint density at radius 1 is 1.35 bits per heavy atom. The molecule has 1 aromatic carbocycles. The summed E-state index contributed by atoms with van der Waals surface area (Å²) < 4.78 is 0. The molecule has 1 atom stereocenters. The van der Waals surface area contributed by atoms with Crippen molar-refractivity contribution >= 4 is 17.5 Å². The Morgan fingerprint density at radius 3 is 2.96 bits per heavy atom. The van der Waals surface area contributed by atoms with Crippen LogP contribution >= 0.6 is 0 Å². The fraction of sp³-hybridized carbons (Fsp3) is 0.500. The first-order chi connectivity index (χ1) is 11.2. The molecule has 1 aliphatic rings. The first-order valence-electron chi connectivity index (χ1n) is 8.46. The number of hydrogen-bond donors (Lipinski definition) is 0. The molecule has 1 saturated heterocycles. The fourth-order valence-electron chi connectivity index (χ4n) is 3.19. The molecule has 23 heavy (non-hydrogen) atoms. The normalized spacial score (nSPS) is 18.0. The lowest BCUT2D eigenvalue weighted by molar-refractivity contribution is 0.444. The van der Waals surface area contributed by atoms with E-state index in [2.05, 4.69) is 65.0 Å². The Morgan fingerprint density at radius 2 is 2.22 bits per heavy atom. The van der Waals surface area contributed by atoms with Crippen molar-refractivity contribution in [1.82, 2.24) is 15.2 Å². The molecule has 5 nitrogen and oxygen atoms in total. The van der Waals surface area contributed by atoms with E-state index in [0.29, 0.717) is 11.9 Å². The minimum Gasteiger partial charge on any atom is -0.355 e. The Kier molecular flexibility index (Phi) is 4.74. The zero-order valence-electron chi connectivity index (χ0n) is 14.2. The van der Waals surface area contributed by atoms with Gasteiger partial charge in [-0.2, -0.15) is 10.1 Å². The summed E-state index contributed by atoms with van der Waals surface area (Å²) in [4.78, 5) is 9.22. The zero-order valence-corrected chi connectivity index (χ0v) is 14.2. The van der Waals surface area contributed by atoms with Crippen molar-refractivity contribution in [3.63, 3.8) is 0 Å². The summed E-state index contributed by atoms with van der Waals surface area (Å²) in [5.41, 5.74) is 2.34. The molecule has 2 aromatic rings. The largest absolute Gasteiger partial charge is 0.355 e. The molecule has 2 heterocycles. The smallest absolute Gasteiger partial charge is 0.251 e. The van der Waals surface area contributed by atoms with Crippen LogP contribution in [0.4, 0.5) is 17.5 Å². The second kappa shape index (κ2) is 6.94. The van der Waals surface area contributed by atoms with Gasteiger partial charge in [-0.15, -0.1) is 5.10 Å². The van der Waals surface area contributed by atoms with E-state index in [1.54, 1.807) is 6.20 Å². The second-order valence-electron chi connectivity index (χ2n) is 6.39. The molecule has 1 fully saturated rings. The third-order valence-electron chi connectivity index (χ3n) is 4.39. The van der Waals surface area contributed by atoms with E-state index in [9.17, 15) is 0 Å². The molecule has 0 saturated carbocycles. The molecule has 122 valence electrons. The first-order valence-corrected chi connectivity index (χ1v) is 8.46. The number of aryl methyl sites for hydroxylation is 1. The highest BCUT2D eigenvalue weighted by molar-refractivity contribution is 5.58. The molecule has 3 rings (SSSR count). The summed E-state index contributed by atoms with van der Waals surface area (Å²) in [6.07, 6.45) is 4.30. The van der Waals surface area contributed by atoms with E-state index in [-0.39, 0.29) is 0 Å². The highest BCUT2D eigenvalue weighted by atomic mass is 15.3. The number of piperidine rings is 1. The number of nitrogens with zero attached hydrogens (tertiary/aromatic N) is 5. The van der Waals surface area contributed by atoms with Gasteiger partial charge in [-0.25, -0.2) is 0 Å². The van der Waals surface area contributed by atoms with Gasteiger partial charge < -0.3 is 9.80 Å². The molecule has 0 N–H and O–H groups in total. The van der Waals surface area contributed by atoms with Crippen molar-refractivity contribution in [1.29, 1.82) is 0 Å². The minimum absolute atomic E-state index is 0.675. The summed E-state index contributed by atoms with van der Waals surface area (Å²) in [6.45, 7) is 9.43. The molecule has 1 aliphatic heterocycles. The van der Waals surface area contributed by atoms with E-state index < -0.39 is 0 Å². The van der Waals surface area contributed by atoms with Gasteiger partial charge in [0.1, 0.15) is 0 Å². The number of benzene rings is 1. The van der Waals surface area contributed by atoms with Crippen LogP contribution in [0.25, 0.3) is 0 Å². The lowest BCUT2D eigenvalue weighted by Crippen LogP contribution is -2.35. The summed E-state index contributed by atoms with van der Waals surface area (Å²) in [7, 11) is 0. The van der Waals surface area contributed by atoms with Crippen molar-refractivity contribution in [2.24, 2.45) is 5.92 Å². The van der Waals surface area contributed by atoms with Crippen LogP contribution in [0.15, 0.2) is 30.5 Å². The molecular formula is C18H25N5. The topological polar surface area (TPSA) is 45.2 Å². The predicted octanol–water partition coefficient (Wildman–Crippen LogP) is 3.57. The van der Waals surface area contributed by atoms with Gasteiger partial charge in [0.2, 0.25) is 0 Å². The first kappa shape index (κ1) is 15.7. The lowest BCUT2D eigenvalue weighted by Gasteiger charge is -2.32. The molecule has 0 bridgehead atoms. The van der Waals surface area contributed by atoms with Gasteiger partial charge in [0, 0.05) is 25.3 Å². The van der Waals surface area contributed by atoms with Crippen LogP contribution in [-0.2, 0) is 0 Å². The Hall–Kier alpha value is -2.17. The van der Waals surface area contributed by atoms with Gasteiger partial charge in [-0.05, 0) is 50.3 Å². The van der Waals surface area contributed by atoms with Gasteiger partial charge >= 0.3 is 0 Å². The van der Waals surface area contributed by atoms with Gasteiger partial charge in [-0.3, -0.25) is 0 Å². The van der Waals surface area contributed by atoms with E-state index >= 15 is 0 Å². The predicted molar refractivity (Wildman–Crippen MR) is 94.3 cm³/mol. The quantitative estimate of drug-likeness (QED) is 0.863. The fourth-order valence-corrected chi connectivity index (χ4v) is 3.19. The standard InChI is InChI=1S/C18H25N5/c1-4-23(16-9-5-7-14(2)11-16)18-20-17(12-19-21-18)22-10-6-8-15(3)13-22/h5,7,9,11-12,15H,4,6,8,10,13H2,1-3H3. The zero-order chi connectivity index (χ0) is 16.2. The summed E-state index contributed by atoms with van der Waals surface area (Å²) in [6, 6.07) is 8.41. The van der Waals surface area contributed by atoms with Gasteiger partial charge in [0.05, 0.1) is 6.20 Å². The minimum atomic E-state index is 0.675. The monoisotopic (exact) mass is 311 g/mol. The van der Waals surface area contributed by atoms with Crippen LogP contribution in [0.2, 0.25) is 0 Å². The third kappa shape index (κ3) is 3.60. The summed E-state index contributed by atoms with van der Waals surface area (Å²) in [5, 5.41) is 8.47. The molecule has 0 aliphatic carbocycles. The molecular weight excluding hydrogens is 286 g/mol. The van der Waals surface area contributed by atoms with Crippen LogP contribution in [-0.4, -0.2) is 34.8 Å². The van der Waals surface area contributed by atoms with Crippen molar-refractivity contribution in [2.75, 3.05) is 29.4 Å². The number of aromatic nitrogens is 3. The maximum Gasteiger partial charge on any atom is 0.251 e. The summed E-state index contributed by atoms with van der Waals surface area (Å²) in [5.74, 6) is 2.32. The average molecular weight is 311 g/mol. The second-order valence-corrected chi connectivity index (χ2v) is 6.39. The number of hydrogen-bond acceptors (Lipinski definition) is 5. The van der Waals surface area contributed by atoms with E-state index in [4.69, 9.17) is 4.98 Å². The average Bonchev–Trinajstić information content (AvgIpc) is 2.56. The van der Waals surface area contributed by atoms with Crippen LogP contribution in [0, 0.1) is 12.8 Å². The molecule has 1 unspecified atom stereocenters. The highest BCUT2D eigenvalue weighted by Crippen LogP contribution is 2.25. The van der Waals surface area contributed by atoms with E-state index in [1.165, 1.54) is 18.4 Å². The maximum absolute atomic E-state index is 4.79. The van der Waals surface area contributed by atoms with Crippen molar-refractivity contribution in [3.8, 4) is 0 Å². The van der Waals surface area contributed by atoms with Crippen LogP contribution < -0.4 is 9.80 Å². The lowest BCUT2D eigenvalue weighted by atomic mass is 10.0. The van der Waals surface area contributed by atoms with Crippen molar-refractivity contribution in [2.45, 2.75) is 33.6 Å². The number of anilines is 3. The highest BCUT2D eigenvalue weighted by Gasteiger charge is 2.19. The van der Waals surface area contributed by atoms with Crippen LogP contribution in [0.1, 0.15) is 32.3 Å². The Balaban J connectivity index is 1.88. The molecule has 1 aromatic heterocycles. The van der Waals surface area contributed by atoms with E-state index in [0.717, 1.165) is 31.1 Å². The van der Waals surface area contributed by atoms with E-state index in [1.807, 2.05) is 0 Å². The van der Waals surface area contributed by atoms with Gasteiger partial charge in [-0.1, -0.05) is 19.1 Å². The van der Waals surface area contributed by atoms with Gasteiger partial charge in [0.25, 0.3) is 5.95 Å². The molecule has 0 amide bonds. The molecule has 0 spiro atoms. The summed E-state index contributed by atoms with van der Waals surface area (Å²) >= 11 is 0. The Labute approximate surface area is 138 Å². The third-order valence-corrected chi connectivity index (χ3v) is 4.39. The van der Waals surface area contributed by atoms with Crippen LogP contribution in [0.5, 0.6) is 0 Å². The maximum atomic E-state index is 4.79. The molecule has 5 heteroatoms. The Bertz CT molecular complexity index is 657. The SMILES string of the molecule is CCN(c1cccc(C)c1)c1nncc(N2CCCC(C)C2)n1. The number of rotatable bonds is 4. The van der Waals surface area contributed by atoms with Gasteiger partial charge in [0.15, 0.2) is 5.82 Å². The molecule has 0 radical (unpaired) electrons.